The third-order valence-corrected chi connectivity index (χ3v) is 4.85. The summed E-state index contributed by atoms with van der Waals surface area (Å²) >= 11 is 5.70. The van der Waals surface area contributed by atoms with Crippen LogP contribution in [0.5, 0.6) is 0 Å². The predicted molar refractivity (Wildman–Crippen MR) is 83.4 cm³/mol. The Morgan fingerprint density at radius 1 is 1.21 bits per heavy atom. The van der Waals surface area contributed by atoms with Gasteiger partial charge in [0.25, 0.3) is 10.0 Å². The first kappa shape index (κ1) is 16.1. The molecule has 0 aliphatic heterocycles. The lowest BCUT2D eigenvalue weighted by molar-refractivity contribution is -0.255. The van der Waals surface area contributed by atoms with E-state index in [0.717, 1.165) is 6.07 Å². The zero-order valence-electron chi connectivity index (χ0n) is 11.7. The highest BCUT2D eigenvalue weighted by atomic mass is 35.5. The van der Waals surface area contributed by atoms with Gasteiger partial charge < -0.3 is 14.3 Å². The number of carbonyl (C=O) groups is 1. The summed E-state index contributed by atoms with van der Waals surface area (Å²) in [7, 11) is -4.03. The zero-order valence-corrected chi connectivity index (χ0v) is 13.3. The van der Waals surface area contributed by atoms with E-state index in [1.165, 1.54) is 30.3 Å². The third kappa shape index (κ3) is 2.99. The molecule has 3 aromatic rings. The van der Waals surface area contributed by atoms with E-state index in [9.17, 15) is 23.1 Å². The van der Waals surface area contributed by atoms with E-state index in [1.54, 1.807) is 0 Å². The van der Waals surface area contributed by atoms with Crippen molar-refractivity contribution < 1.29 is 22.7 Å². The standard InChI is InChI=1S/C14H9ClN2O6S/c15-10-3-1-7(5-9(10)13(18)19)17-24(21,22)8-2-4-11-12(6-8)23-14(20)16-11/h1-6,17H,(H,16,20)(H,18,19)/p-1. The van der Waals surface area contributed by atoms with Crippen LogP contribution >= 0.6 is 11.6 Å². The number of aromatic carboxylic acids is 1. The molecule has 0 amide bonds. The van der Waals surface area contributed by atoms with Crippen LogP contribution in [-0.2, 0) is 10.0 Å². The molecule has 0 fully saturated rings. The first-order chi connectivity index (χ1) is 11.3. The average Bonchev–Trinajstić information content (AvgIpc) is 2.87. The van der Waals surface area contributed by atoms with E-state index in [0.29, 0.717) is 5.52 Å². The second-order valence-corrected chi connectivity index (χ2v) is 6.85. The number of anilines is 1. The van der Waals surface area contributed by atoms with E-state index in [1.807, 2.05) is 0 Å². The van der Waals surface area contributed by atoms with Crippen molar-refractivity contribution in [3.63, 3.8) is 0 Å². The van der Waals surface area contributed by atoms with Crippen LogP contribution in [0.4, 0.5) is 5.69 Å². The van der Waals surface area contributed by atoms with Crippen molar-refractivity contribution in [2.24, 2.45) is 0 Å². The number of sulfonamides is 1. The number of hydrogen-bond acceptors (Lipinski definition) is 6. The number of hydrogen-bond donors (Lipinski definition) is 2. The van der Waals surface area contributed by atoms with E-state index in [4.69, 9.17) is 16.0 Å². The molecule has 1 heterocycles. The maximum Gasteiger partial charge on any atom is 0.417 e. The molecule has 124 valence electrons. The highest BCUT2D eigenvalue weighted by molar-refractivity contribution is 7.92. The van der Waals surface area contributed by atoms with Gasteiger partial charge in [0.15, 0.2) is 5.58 Å². The highest BCUT2D eigenvalue weighted by Crippen LogP contribution is 2.23. The van der Waals surface area contributed by atoms with Gasteiger partial charge in [-0.25, -0.2) is 13.2 Å². The van der Waals surface area contributed by atoms with Crippen LogP contribution in [0.3, 0.4) is 0 Å². The molecule has 0 spiro atoms. The molecule has 0 aliphatic rings. The number of halogens is 1. The first-order valence-corrected chi connectivity index (χ1v) is 8.29. The van der Waals surface area contributed by atoms with Gasteiger partial charge in [0, 0.05) is 22.3 Å². The lowest BCUT2D eigenvalue weighted by Crippen LogP contribution is -2.23. The Morgan fingerprint density at radius 3 is 2.67 bits per heavy atom. The molecule has 2 N–H and O–H groups in total. The van der Waals surface area contributed by atoms with Crippen molar-refractivity contribution in [2.75, 3.05) is 4.72 Å². The Labute approximate surface area is 139 Å². The number of fused-ring (bicyclic) bond motifs is 1. The minimum atomic E-state index is -4.03. The van der Waals surface area contributed by atoms with Gasteiger partial charge in [-0.1, -0.05) is 11.6 Å². The molecular weight excluding hydrogens is 360 g/mol. The van der Waals surface area contributed by atoms with E-state index < -0.39 is 21.7 Å². The van der Waals surface area contributed by atoms with Gasteiger partial charge >= 0.3 is 5.76 Å². The molecule has 0 saturated heterocycles. The molecule has 0 bridgehead atoms. The molecule has 0 saturated carbocycles. The molecule has 0 atom stereocenters. The number of carbonyl (C=O) groups excluding carboxylic acids is 1. The second kappa shape index (κ2) is 5.69. The largest absolute Gasteiger partial charge is 0.545 e. The number of benzene rings is 2. The molecule has 3 rings (SSSR count). The van der Waals surface area contributed by atoms with Gasteiger partial charge in [-0.05, 0) is 30.3 Å². The number of aromatic amines is 1. The highest BCUT2D eigenvalue weighted by Gasteiger charge is 2.17. The van der Waals surface area contributed by atoms with Crippen molar-refractivity contribution >= 4 is 44.4 Å². The van der Waals surface area contributed by atoms with E-state index >= 15 is 0 Å². The van der Waals surface area contributed by atoms with Crippen molar-refractivity contribution in [3.8, 4) is 0 Å². The monoisotopic (exact) mass is 367 g/mol. The number of rotatable bonds is 4. The van der Waals surface area contributed by atoms with Crippen LogP contribution in [0.2, 0.25) is 5.02 Å². The van der Waals surface area contributed by atoms with Crippen molar-refractivity contribution in [1.29, 1.82) is 0 Å². The lowest BCUT2D eigenvalue weighted by atomic mass is 10.2. The van der Waals surface area contributed by atoms with E-state index in [2.05, 4.69) is 9.71 Å². The summed E-state index contributed by atoms with van der Waals surface area (Å²) in [6, 6.07) is 7.41. The fraction of sp³-hybridized carbons (Fsp3) is 0. The summed E-state index contributed by atoms with van der Waals surface area (Å²) in [5.74, 6) is -2.24. The summed E-state index contributed by atoms with van der Waals surface area (Å²) < 4.78 is 31.8. The minimum absolute atomic E-state index is 0.00535. The number of oxazole rings is 1. The normalized spacial score (nSPS) is 11.5. The smallest absolute Gasteiger partial charge is 0.417 e. The van der Waals surface area contributed by atoms with E-state index in [-0.39, 0.29) is 26.8 Å². The SMILES string of the molecule is O=C([O-])c1cc(NS(=O)(=O)c2ccc3[nH]c(=O)oc3c2)ccc1Cl. The predicted octanol–water partition coefficient (Wildman–Crippen LogP) is 0.939. The molecule has 0 aliphatic carbocycles. The quantitative estimate of drug-likeness (QED) is 0.705. The fourth-order valence-corrected chi connectivity index (χ4v) is 3.31. The summed E-state index contributed by atoms with van der Waals surface area (Å²) in [5, 5.41) is 10.9. The van der Waals surface area contributed by atoms with Gasteiger partial charge in [-0.3, -0.25) is 9.71 Å². The number of aromatic nitrogens is 1. The molecule has 0 radical (unpaired) electrons. The van der Waals surface area contributed by atoms with Crippen molar-refractivity contribution in [1.82, 2.24) is 4.98 Å². The maximum atomic E-state index is 12.4. The summed E-state index contributed by atoms with van der Waals surface area (Å²) in [6.07, 6.45) is 0. The van der Waals surface area contributed by atoms with Gasteiger partial charge in [0.05, 0.1) is 16.4 Å². The number of carboxylic acid groups (broad SMARTS) is 1. The van der Waals surface area contributed by atoms with Crippen LogP contribution in [0, 0.1) is 0 Å². The Hall–Kier alpha value is -2.78. The maximum absolute atomic E-state index is 12.4. The van der Waals surface area contributed by atoms with Crippen LogP contribution in [0.1, 0.15) is 10.4 Å². The molecule has 0 unspecified atom stereocenters. The molecular formula is C14H8ClN2O6S-. The zero-order chi connectivity index (χ0) is 17.5. The molecule has 10 heteroatoms. The number of carboxylic acids is 1. The van der Waals surface area contributed by atoms with Crippen molar-refractivity contribution in [3.05, 3.63) is 57.5 Å². The molecule has 8 nitrogen and oxygen atoms in total. The van der Waals surface area contributed by atoms with Gasteiger partial charge in [0.1, 0.15) is 0 Å². The Morgan fingerprint density at radius 2 is 1.96 bits per heavy atom. The first-order valence-electron chi connectivity index (χ1n) is 6.43. The molecule has 2 aromatic carbocycles. The van der Waals surface area contributed by atoms with Crippen LogP contribution in [0.25, 0.3) is 11.1 Å². The van der Waals surface area contributed by atoms with Gasteiger partial charge in [-0.15, -0.1) is 0 Å². The Kier molecular flexibility index (Phi) is 3.82. The third-order valence-electron chi connectivity index (χ3n) is 3.14. The van der Waals surface area contributed by atoms with Gasteiger partial charge in [-0.2, -0.15) is 0 Å². The van der Waals surface area contributed by atoms with Crippen molar-refractivity contribution in [2.45, 2.75) is 4.90 Å². The lowest BCUT2D eigenvalue weighted by Gasteiger charge is -2.11. The number of H-pyrrole nitrogens is 1. The summed E-state index contributed by atoms with van der Waals surface area (Å²) in [5.41, 5.74) is 0.0808. The molecule has 24 heavy (non-hydrogen) atoms. The summed E-state index contributed by atoms with van der Waals surface area (Å²) in [4.78, 5) is 24.3. The Bertz CT molecular complexity index is 1120. The van der Waals surface area contributed by atoms with Gasteiger partial charge in [0.2, 0.25) is 0 Å². The van der Waals surface area contributed by atoms with Crippen LogP contribution in [-0.4, -0.2) is 19.4 Å². The topological polar surface area (TPSA) is 132 Å². The fourth-order valence-electron chi connectivity index (χ4n) is 2.05. The number of nitrogens with one attached hydrogen (secondary N) is 2. The Balaban J connectivity index is 1.99. The summed E-state index contributed by atoms with van der Waals surface area (Å²) in [6.45, 7) is 0. The second-order valence-electron chi connectivity index (χ2n) is 4.76. The van der Waals surface area contributed by atoms with Crippen LogP contribution in [0.15, 0.2) is 50.5 Å². The minimum Gasteiger partial charge on any atom is -0.545 e. The molecule has 1 aromatic heterocycles. The average molecular weight is 368 g/mol. The van der Waals surface area contributed by atoms with Crippen LogP contribution < -0.4 is 15.6 Å².